The van der Waals surface area contributed by atoms with Crippen LogP contribution in [0.3, 0.4) is 0 Å². The highest BCUT2D eigenvalue weighted by molar-refractivity contribution is 5.96. The molecule has 0 radical (unpaired) electrons. The number of carbonyl (C=O) groups is 1. The Bertz CT molecular complexity index is 1160. The lowest BCUT2D eigenvalue weighted by Crippen LogP contribution is -2.23. The van der Waals surface area contributed by atoms with Gasteiger partial charge in [-0.1, -0.05) is 72.8 Å². The van der Waals surface area contributed by atoms with E-state index >= 15 is 0 Å². The fourth-order valence-electron chi connectivity index (χ4n) is 3.30. The van der Waals surface area contributed by atoms with E-state index in [1.54, 1.807) is 18.0 Å². The van der Waals surface area contributed by atoms with Gasteiger partial charge in [-0.15, -0.1) is 5.10 Å². The molecule has 4 rings (SSSR count). The number of hydrogen-bond acceptors (Lipinski definition) is 4. The molecule has 0 spiro atoms. The van der Waals surface area contributed by atoms with Gasteiger partial charge in [-0.2, -0.15) is 0 Å². The molecule has 4 aromatic rings. The molecule has 32 heavy (non-hydrogen) atoms. The molecule has 0 bridgehead atoms. The van der Waals surface area contributed by atoms with Crippen molar-refractivity contribution >= 4 is 5.91 Å². The first-order valence-electron chi connectivity index (χ1n) is 10.4. The number of rotatable bonds is 9. The maximum atomic E-state index is 13.0. The van der Waals surface area contributed by atoms with Gasteiger partial charge >= 0.3 is 0 Å². The molecule has 0 saturated carbocycles. The SMILES string of the molecule is COc1cccc(CNC(=O)c2cn(Cc3ccccc3)nc2OCc2ccccc2)c1. The highest BCUT2D eigenvalue weighted by Gasteiger charge is 2.18. The van der Waals surface area contributed by atoms with Crippen LogP contribution >= 0.6 is 0 Å². The molecule has 6 heteroatoms. The van der Waals surface area contributed by atoms with Gasteiger partial charge in [0.25, 0.3) is 5.91 Å². The predicted octanol–water partition coefficient (Wildman–Crippen LogP) is 4.45. The molecule has 3 aromatic carbocycles. The van der Waals surface area contributed by atoms with Gasteiger partial charge < -0.3 is 14.8 Å². The summed E-state index contributed by atoms with van der Waals surface area (Å²) in [4.78, 5) is 13.0. The van der Waals surface area contributed by atoms with Crippen molar-refractivity contribution in [2.45, 2.75) is 19.7 Å². The van der Waals surface area contributed by atoms with Crippen molar-refractivity contribution in [3.05, 3.63) is 113 Å². The van der Waals surface area contributed by atoms with Gasteiger partial charge in [0.15, 0.2) is 0 Å². The van der Waals surface area contributed by atoms with Crippen LogP contribution in [0.4, 0.5) is 0 Å². The Kier molecular flexibility index (Phi) is 6.82. The molecule has 0 aliphatic rings. The van der Waals surface area contributed by atoms with Crippen molar-refractivity contribution in [1.29, 1.82) is 0 Å². The van der Waals surface area contributed by atoms with Crippen molar-refractivity contribution in [1.82, 2.24) is 15.1 Å². The fourth-order valence-corrected chi connectivity index (χ4v) is 3.30. The van der Waals surface area contributed by atoms with Crippen LogP contribution in [0.25, 0.3) is 0 Å². The van der Waals surface area contributed by atoms with E-state index < -0.39 is 0 Å². The third kappa shape index (κ3) is 5.55. The van der Waals surface area contributed by atoms with E-state index in [9.17, 15) is 4.79 Å². The summed E-state index contributed by atoms with van der Waals surface area (Å²) in [6.07, 6.45) is 1.73. The van der Waals surface area contributed by atoms with E-state index in [-0.39, 0.29) is 5.91 Å². The Balaban J connectivity index is 1.51. The second-order valence-corrected chi connectivity index (χ2v) is 7.34. The number of hydrogen-bond donors (Lipinski definition) is 1. The van der Waals surface area contributed by atoms with Gasteiger partial charge in [-0.05, 0) is 28.8 Å². The monoisotopic (exact) mass is 427 g/mol. The van der Waals surface area contributed by atoms with Crippen LogP contribution < -0.4 is 14.8 Å². The molecule has 1 N–H and O–H groups in total. The number of aromatic nitrogens is 2. The maximum absolute atomic E-state index is 13.0. The van der Waals surface area contributed by atoms with E-state index in [1.807, 2.05) is 84.9 Å². The molecule has 0 saturated heterocycles. The second kappa shape index (κ2) is 10.3. The van der Waals surface area contributed by atoms with Gasteiger partial charge in [0.1, 0.15) is 17.9 Å². The molecule has 0 unspecified atom stereocenters. The zero-order valence-electron chi connectivity index (χ0n) is 17.9. The van der Waals surface area contributed by atoms with Crippen LogP contribution in [0.15, 0.2) is 91.1 Å². The largest absolute Gasteiger partial charge is 0.497 e. The number of carbonyl (C=O) groups excluding carboxylic acids is 1. The number of amides is 1. The van der Waals surface area contributed by atoms with Crippen molar-refractivity contribution in [2.75, 3.05) is 7.11 Å². The van der Waals surface area contributed by atoms with Gasteiger partial charge in [0, 0.05) is 12.7 Å². The molecule has 162 valence electrons. The zero-order valence-corrected chi connectivity index (χ0v) is 17.9. The van der Waals surface area contributed by atoms with Crippen LogP contribution in [-0.2, 0) is 19.7 Å². The second-order valence-electron chi connectivity index (χ2n) is 7.34. The lowest BCUT2D eigenvalue weighted by molar-refractivity contribution is 0.0946. The minimum Gasteiger partial charge on any atom is -0.497 e. The number of benzene rings is 3. The van der Waals surface area contributed by atoms with Crippen LogP contribution in [-0.4, -0.2) is 22.8 Å². The first kappa shape index (κ1) is 21.2. The number of nitrogens with zero attached hydrogens (tertiary/aromatic N) is 2. The van der Waals surface area contributed by atoms with E-state index in [4.69, 9.17) is 9.47 Å². The summed E-state index contributed by atoms with van der Waals surface area (Å²) in [5.41, 5.74) is 3.45. The molecule has 0 aliphatic carbocycles. The summed E-state index contributed by atoms with van der Waals surface area (Å²) >= 11 is 0. The number of ether oxygens (including phenoxy) is 2. The maximum Gasteiger partial charge on any atom is 0.258 e. The summed E-state index contributed by atoms with van der Waals surface area (Å²) in [6, 6.07) is 27.4. The molecular weight excluding hydrogens is 402 g/mol. The number of nitrogens with one attached hydrogen (secondary N) is 1. The summed E-state index contributed by atoms with van der Waals surface area (Å²) in [6.45, 7) is 1.25. The summed E-state index contributed by atoms with van der Waals surface area (Å²) in [5, 5.41) is 7.49. The van der Waals surface area contributed by atoms with Crippen LogP contribution in [0.2, 0.25) is 0 Å². The first-order valence-corrected chi connectivity index (χ1v) is 10.4. The molecule has 0 fully saturated rings. The van der Waals surface area contributed by atoms with E-state index in [2.05, 4.69) is 10.4 Å². The average Bonchev–Trinajstić information content (AvgIpc) is 3.25. The van der Waals surface area contributed by atoms with Crippen molar-refractivity contribution in [3.63, 3.8) is 0 Å². The summed E-state index contributed by atoms with van der Waals surface area (Å²) < 4.78 is 12.9. The Labute approximate surface area is 187 Å². The molecule has 1 amide bonds. The highest BCUT2D eigenvalue weighted by Crippen LogP contribution is 2.19. The minimum atomic E-state index is -0.241. The smallest absolute Gasteiger partial charge is 0.258 e. The molecule has 1 heterocycles. The highest BCUT2D eigenvalue weighted by atomic mass is 16.5. The van der Waals surface area contributed by atoms with Gasteiger partial charge in [0.05, 0.1) is 13.7 Å². The first-order chi connectivity index (χ1) is 15.7. The molecule has 0 atom stereocenters. The Morgan fingerprint density at radius 1 is 0.906 bits per heavy atom. The summed E-state index contributed by atoms with van der Waals surface area (Å²) in [7, 11) is 1.62. The molecular formula is C26H25N3O3. The van der Waals surface area contributed by atoms with E-state index in [0.717, 1.165) is 22.4 Å². The fraction of sp³-hybridized carbons (Fsp3) is 0.154. The van der Waals surface area contributed by atoms with Crippen LogP contribution in [0.1, 0.15) is 27.0 Å². The van der Waals surface area contributed by atoms with Gasteiger partial charge in [-0.3, -0.25) is 9.48 Å². The topological polar surface area (TPSA) is 65.4 Å². The van der Waals surface area contributed by atoms with Crippen LogP contribution in [0.5, 0.6) is 11.6 Å². The molecule has 6 nitrogen and oxygen atoms in total. The molecule has 0 aliphatic heterocycles. The average molecular weight is 428 g/mol. The van der Waals surface area contributed by atoms with E-state index in [0.29, 0.717) is 31.1 Å². The third-order valence-electron chi connectivity index (χ3n) is 4.97. The standard InChI is InChI=1S/C26H25N3O3/c1-31-23-14-8-13-22(15-23)16-27-25(30)24-18-29(17-20-9-4-2-5-10-20)28-26(24)32-19-21-11-6-3-7-12-21/h2-15,18H,16-17,19H2,1H3,(H,27,30). The van der Waals surface area contributed by atoms with Crippen molar-refractivity contribution < 1.29 is 14.3 Å². The lowest BCUT2D eigenvalue weighted by Gasteiger charge is -2.08. The lowest BCUT2D eigenvalue weighted by atomic mass is 10.2. The Morgan fingerprint density at radius 2 is 1.59 bits per heavy atom. The number of methoxy groups -OCH3 is 1. The van der Waals surface area contributed by atoms with E-state index in [1.165, 1.54) is 0 Å². The summed E-state index contributed by atoms with van der Waals surface area (Å²) in [5.74, 6) is 0.822. The third-order valence-corrected chi connectivity index (χ3v) is 4.97. The van der Waals surface area contributed by atoms with Gasteiger partial charge in [0.2, 0.25) is 5.88 Å². The van der Waals surface area contributed by atoms with Crippen molar-refractivity contribution in [3.8, 4) is 11.6 Å². The quantitative estimate of drug-likeness (QED) is 0.429. The molecule has 1 aromatic heterocycles. The minimum absolute atomic E-state index is 0.241. The van der Waals surface area contributed by atoms with Crippen LogP contribution in [0, 0.1) is 0 Å². The zero-order chi connectivity index (χ0) is 22.2. The predicted molar refractivity (Wildman–Crippen MR) is 123 cm³/mol. The van der Waals surface area contributed by atoms with Crippen molar-refractivity contribution in [2.24, 2.45) is 0 Å². The Morgan fingerprint density at radius 3 is 2.31 bits per heavy atom. The Hall–Kier alpha value is -4.06. The van der Waals surface area contributed by atoms with Gasteiger partial charge in [-0.25, -0.2) is 0 Å². The normalized spacial score (nSPS) is 10.5.